The van der Waals surface area contributed by atoms with Crippen LogP contribution < -0.4 is 9.64 Å². The molecule has 2 saturated heterocycles. The van der Waals surface area contributed by atoms with Crippen LogP contribution in [0.2, 0.25) is 0 Å². The van der Waals surface area contributed by atoms with E-state index in [2.05, 4.69) is 47.8 Å². The molecule has 0 spiro atoms. The van der Waals surface area contributed by atoms with Crippen molar-refractivity contribution >= 4 is 100 Å². The summed E-state index contributed by atoms with van der Waals surface area (Å²) in [6.45, 7) is 2.02. The van der Waals surface area contributed by atoms with Gasteiger partial charge in [0.2, 0.25) is 11.8 Å². The summed E-state index contributed by atoms with van der Waals surface area (Å²) in [6, 6.07) is 8.85. The van der Waals surface area contributed by atoms with E-state index in [0.717, 1.165) is 16.9 Å². The van der Waals surface area contributed by atoms with Crippen molar-refractivity contribution in [2.24, 2.45) is 17.8 Å². The molecule has 6 rings (SSSR count). The fraction of sp³-hybridized carbons (Fsp3) is 0.400. The summed E-state index contributed by atoms with van der Waals surface area (Å²) in [4.78, 5) is 54.1. The summed E-state index contributed by atoms with van der Waals surface area (Å²) in [5.74, 6) is -5.32. The Kier molecular flexibility index (Phi) is 7.85. The molecule has 2 aromatic carbocycles. The van der Waals surface area contributed by atoms with Gasteiger partial charge < -0.3 is 9.84 Å². The maximum absolute atomic E-state index is 14.2. The number of hydrogen-bond donors (Lipinski definition) is 1. The van der Waals surface area contributed by atoms with E-state index in [1.54, 1.807) is 18.2 Å². The molecule has 2 aliphatic heterocycles. The number of phenols is 1. The minimum Gasteiger partial charge on any atom is -0.503 e. The van der Waals surface area contributed by atoms with Crippen molar-refractivity contribution in [1.29, 1.82) is 0 Å². The van der Waals surface area contributed by atoms with Crippen molar-refractivity contribution in [3.05, 3.63) is 62.1 Å². The number of rotatable bonds is 5. The van der Waals surface area contributed by atoms with E-state index in [-0.39, 0.29) is 46.1 Å². The third-order valence-electron chi connectivity index (χ3n) is 9.32. The van der Waals surface area contributed by atoms with Crippen LogP contribution in [0.3, 0.4) is 0 Å². The zero-order valence-electron chi connectivity index (χ0n) is 22.9. The van der Waals surface area contributed by atoms with Crippen LogP contribution in [-0.2, 0) is 25.6 Å². The van der Waals surface area contributed by atoms with Crippen LogP contribution in [-0.4, -0.2) is 55.9 Å². The summed E-state index contributed by atoms with van der Waals surface area (Å²) in [5, 5.41) is 10.7. The largest absolute Gasteiger partial charge is 0.503 e. The van der Waals surface area contributed by atoms with Gasteiger partial charge in [-0.2, -0.15) is 0 Å². The minimum absolute atomic E-state index is 0.102. The lowest BCUT2D eigenvalue weighted by atomic mass is 9.56. The Labute approximate surface area is 283 Å². The zero-order chi connectivity index (χ0) is 31.2. The molecule has 2 heterocycles. The molecule has 6 unspecified atom stereocenters. The Hall–Kier alpha value is -1.92. The van der Waals surface area contributed by atoms with Gasteiger partial charge in [0.15, 0.2) is 21.2 Å². The predicted molar refractivity (Wildman–Crippen MR) is 172 cm³/mol. The summed E-state index contributed by atoms with van der Waals surface area (Å²) in [7, 11) is 1.39. The second-order valence-corrected chi connectivity index (χ2v) is 14.5. The number of aromatic hydroxyl groups is 1. The smallest absolute Gasteiger partial charge is 0.254 e. The Morgan fingerprint density at radius 2 is 1.70 bits per heavy atom. The number of phenolic OH excluding ortho intramolecular Hbond substituents is 1. The summed E-state index contributed by atoms with van der Waals surface area (Å²) in [5.41, 5.74) is 2.49. The van der Waals surface area contributed by atoms with Gasteiger partial charge in [0.25, 0.3) is 11.8 Å². The first-order valence-corrected chi connectivity index (χ1v) is 17.0. The van der Waals surface area contributed by atoms with Gasteiger partial charge in [-0.3, -0.25) is 29.0 Å². The highest BCUT2D eigenvalue weighted by Gasteiger charge is 2.76. The first-order chi connectivity index (χ1) is 20.4. The van der Waals surface area contributed by atoms with E-state index >= 15 is 0 Å². The molecule has 0 radical (unpaired) electrons. The first kappa shape index (κ1) is 31.1. The van der Waals surface area contributed by atoms with Gasteiger partial charge in [-0.05, 0) is 86.4 Å². The van der Waals surface area contributed by atoms with Crippen LogP contribution in [0.25, 0.3) is 0 Å². The number of carbonyl (C=O) groups excluding carboxylic acids is 4. The molecular weight excluding hydrogens is 795 g/mol. The van der Waals surface area contributed by atoms with Crippen LogP contribution >= 0.6 is 71.0 Å². The van der Waals surface area contributed by atoms with Gasteiger partial charge in [0, 0.05) is 10.4 Å². The number of fused-ring (bicyclic) bond motifs is 4. The van der Waals surface area contributed by atoms with Crippen molar-refractivity contribution in [2.45, 2.75) is 41.9 Å². The Bertz CT molecular complexity index is 1630. The molecule has 1 N–H and O–H groups in total. The number of amides is 4. The number of imide groups is 2. The lowest BCUT2D eigenvalue weighted by Gasteiger charge is -2.51. The number of allylic oxidation sites excluding steroid dienone is 2. The number of benzene rings is 2. The standard InChI is InChI=1S/C30H25Br3Cl2N2O6/c1-3-13-4-6-14(7-5-13)37-25(39)16-9-8-15-18(20(16)26(37)40)11-29(34)27(41)36(12-31)28(42)30(29,35)21(15)17-10-19(43-2)24(38)23(33)22(17)32/h4-8,10,16,18,20-21,38H,3,9,11-12H2,1-2H3. The number of nitrogens with zero attached hydrogens (tertiary/aromatic N) is 2. The number of ether oxygens (including phenoxy) is 1. The molecule has 13 heteroatoms. The second-order valence-electron chi connectivity index (χ2n) is 11.2. The zero-order valence-corrected chi connectivity index (χ0v) is 29.1. The highest BCUT2D eigenvalue weighted by molar-refractivity contribution is 9.13. The van der Waals surface area contributed by atoms with E-state index in [9.17, 15) is 24.3 Å². The monoisotopic (exact) mass is 816 g/mol. The molecule has 8 nitrogen and oxygen atoms in total. The molecule has 2 aromatic rings. The summed E-state index contributed by atoms with van der Waals surface area (Å²) >= 11 is 24.8. The molecule has 1 saturated carbocycles. The van der Waals surface area contributed by atoms with Gasteiger partial charge in [-0.25, -0.2) is 0 Å². The van der Waals surface area contributed by atoms with Gasteiger partial charge in [-0.1, -0.05) is 46.6 Å². The van der Waals surface area contributed by atoms with E-state index < -0.39 is 45.2 Å². The van der Waals surface area contributed by atoms with Crippen LogP contribution in [0.5, 0.6) is 11.5 Å². The number of methoxy groups -OCH3 is 1. The fourth-order valence-corrected chi connectivity index (χ4v) is 9.58. The Balaban J connectivity index is 1.55. The van der Waals surface area contributed by atoms with Crippen LogP contribution in [0.4, 0.5) is 5.69 Å². The molecular formula is C30H25Br3Cl2N2O6. The summed E-state index contributed by atoms with van der Waals surface area (Å²) < 4.78 is 6.05. The molecule has 3 fully saturated rings. The number of likely N-dealkylation sites (tertiary alicyclic amines) is 1. The molecule has 0 aromatic heterocycles. The van der Waals surface area contributed by atoms with Gasteiger partial charge >= 0.3 is 0 Å². The van der Waals surface area contributed by atoms with Crippen LogP contribution in [0, 0.1) is 17.8 Å². The third-order valence-corrected chi connectivity index (χ3v) is 13.4. The molecule has 43 heavy (non-hydrogen) atoms. The van der Waals surface area contributed by atoms with E-state index in [1.807, 2.05) is 25.1 Å². The molecule has 4 aliphatic rings. The lowest BCUT2D eigenvalue weighted by Crippen LogP contribution is -2.60. The first-order valence-electron chi connectivity index (χ1n) is 13.6. The van der Waals surface area contributed by atoms with Crippen LogP contribution in [0.15, 0.2) is 50.9 Å². The number of halogens is 5. The third kappa shape index (κ3) is 4.10. The molecule has 2 aliphatic carbocycles. The van der Waals surface area contributed by atoms with E-state index in [4.69, 9.17) is 27.9 Å². The molecule has 6 atom stereocenters. The average molecular weight is 820 g/mol. The topological polar surface area (TPSA) is 104 Å². The minimum atomic E-state index is -1.99. The van der Waals surface area contributed by atoms with Crippen molar-refractivity contribution < 1.29 is 29.0 Å². The van der Waals surface area contributed by atoms with Crippen molar-refractivity contribution in [2.75, 3.05) is 17.5 Å². The molecule has 4 amide bonds. The lowest BCUT2D eigenvalue weighted by molar-refractivity contribution is -0.138. The number of alkyl halides is 3. The van der Waals surface area contributed by atoms with Gasteiger partial charge in [0.1, 0.15) is 0 Å². The maximum Gasteiger partial charge on any atom is 0.254 e. The van der Waals surface area contributed by atoms with Gasteiger partial charge in [-0.15, -0.1) is 23.2 Å². The van der Waals surface area contributed by atoms with E-state index in [0.29, 0.717) is 21.3 Å². The summed E-state index contributed by atoms with van der Waals surface area (Å²) in [6.07, 6.45) is 2.79. The number of hydrogen-bond acceptors (Lipinski definition) is 6. The average Bonchev–Trinajstić information content (AvgIpc) is 3.34. The normalized spacial score (nSPS) is 31.7. The second kappa shape index (κ2) is 10.9. The van der Waals surface area contributed by atoms with Crippen molar-refractivity contribution in [1.82, 2.24) is 4.90 Å². The Morgan fingerprint density at radius 3 is 2.30 bits per heavy atom. The SMILES string of the molecule is CCc1ccc(N2C(=O)C3CC=C4C(CC5(Cl)C(=O)N(CBr)C(=O)C5(Cl)C4c4cc(OC)c(O)c(Br)c4Br)C3C2=O)cc1. The highest BCUT2D eigenvalue weighted by atomic mass is 79.9. The maximum atomic E-state index is 14.2. The Morgan fingerprint density at radius 1 is 1.02 bits per heavy atom. The quantitative estimate of drug-likeness (QED) is 0.162. The van der Waals surface area contributed by atoms with Crippen LogP contribution in [0.1, 0.15) is 36.8 Å². The van der Waals surface area contributed by atoms with Crippen molar-refractivity contribution in [3.8, 4) is 11.5 Å². The number of carbonyl (C=O) groups is 4. The fourth-order valence-electron chi connectivity index (χ4n) is 7.21. The van der Waals surface area contributed by atoms with Gasteiger partial charge in [0.05, 0.1) is 34.6 Å². The predicted octanol–water partition coefficient (Wildman–Crippen LogP) is 6.40. The van der Waals surface area contributed by atoms with E-state index in [1.165, 1.54) is 12.0 Å². The number of aryl methyl sites for hydroxylation is 1. The molecule has 0 bridgehead atoms. The van der Waals surface area contributed by atoms with Crippen molar-refractivity contribution in [3.63, 3.8) is 0 Å². The highest BCUT2D eigenvalue weighted by Crippen LogP contribution is 2.66. The number of anilines is 1. The molecule has 226 valence electrons.